The number of carbonyl (C=O) groups excluding carboxylic acids is 3. The molecular weight excluding hydrogens is 200 g/mol. The van der Waals surface area contributed by atoms with E-state index in [1.165, 1.54) is 26.4 Å². The van der Waals surface area contributed by atoms with Crippen molar-refractivity contribution in [3.63, 3.8) is 0 Å². The van der Waals surface area contributed by atoms with E-state index in [1.807, 2.05) is 0 Å². The number of carbonyl (C=O) groups is 3. The number of hydrogen-bond acceptors (Lipinski definition) is 5. The summed E-state index contributed by atoms with van der Waals surface area (Å²) in [5, 5.41) is 0. The largest absolute Gasteiger partial charge is 0.468 e. The Kier molecular flexibility index (Phi) is 3.24. The quantitative estimate of drug-likeness (QED) is 0.484. The van der Waals surface area contributed by atoms with Crippen LogP contribution in [0.3, 0.4) is 0 Å². The lowest BCUT2D eigenvalue weighted by molar-refractivity contribution is -0.170. The van der Waals surface area contributed by atoms with Gasteiger partial charge in [-0.15, -0.1) is 0 Å². The lowest BCUT2D eigenvalue weighted by atomic mass is 9.76. The summed E-state index contributed by atoms with van der Waals surface area (Å²) in [5.41, 5.74) is -1.49. The van der Waals surface area contributed by atoms with Gasteiger partial charge < -0.3 is 9.47 Å². The molecule has 82 valence electrons. The molecule has 0 atom stereocenters. The van der Waals surface area contributed by atoms with Gasteiger partial charge >= 0.3 is 11.9 Å². The second-order valence-electron chi connectivity index (χ2n) is 3.31. The molecule has 0 amide bonds. The zero-order valence-electron chi connectivity index (χ0n) is 8.61. The van der Waals surface area contributed by atoms with Crippen molar-refractivity contribution in [2.45, 2.75) is 12.8 Å². The van der Waals surface area contributed by atoms with Crippen LogP contribution in [0.25, 0.3) is 0 Å². The minimum absolute atomic E-state index is 0.137. The van der Waals surface area contributed by atoms with E-state index in [2.05, 4.69) is 9.47 Å². The third-order valence-electron chi connectivity index (χ3n) is 2.40. The van der Waals surface area contributed by atoms with E-state index in [9.17, 15) is 14.4 Å². The summed E-state index contributed by atoms with van der Waals surface area (Å²) in [6, 6.07) is 0. The van der Waals surface area contributed by atoms with Crippen LogP contribution in [0.2, 0.25) is 0 Å². The maximum absolute atomic E-state index is 11.5. The van der Waals surface area contributed by atoms with Crippen LogP contribution in [0.15, 0.2) is 12.2 Å². The predicted octanol–water partition coefficient (Wildman–Crippen LogP) is 0.238. The maximum atomic E-state index is 11.5. The van der Waals surface area contributed by atoms with Crippen LogP contribution in [0.4, 0.5) is 0 Å². The van der Waals surface area contributed by atoms with Crippen molar-refractivity contribution in [3.05, 3.63) is 12.2 Å². The van der Waals surface area contributed by atoms with Crippen molar-refractivity contribution in [2.75, 3.05) is 14.2 Å². The van der Waals surface area contributed by atoms with E-state index in [-0.39, 0.29) is 18.6 Å². The Morgan fingerprint density at radius 1 is 1.27 bits per heavy atom. The molecule has 0 spiro atoms. The number of allylic oxidation sites excluding steroid dienone is 2. The third-order valence-corrected chi connectivity index (χ3v) is 2.40. The summed E-state index contributed by atoms with van der Waals surface area (Å²) < 4.78 is 9.08. The molecule has 1 rings (SSSR count). The van der Waals surface area contributed by atoms with E-state index in [1.54, 1.807) is 0 Å². The number of hydrogen-bond donors (Lipinski definition) is 0. The smallest absolute Gasteiger partial charge is 0.324 e. The van der Waals surface area contributed by atoms with Gasteiger partial charge in [0.05, 0.1) is 14.2 Å². The van der Waals surface area contributed by atoms with Gasteiger partial charge in [0.25, 0.3) is 0 Å². The van der Waals surface area contributed by atoms with Crippen molar-refractivity contribution < 1.29 is 23.9 Å². The van der Waals surface area contributed by atoms with Crippen LogP contribution in [0.5, 0.6) is 0 Å². The summed E-state index contributed by atoms with van der Waals surface area (Å²) in [5.74, 6) is -1.74. The van der Waals surface area contributed by atoms with Gasteiger partial charge in [-0.25, -0.2) is 0 Å². The molecule has 0 bridgehead atoms. The summed E-state index contributed by atoms with van der Waals surface area (Å²) in [6.45, 7) is 0. The van der Waals surface area contributed by atoms with Crippen molar-refractivity contribution in [1.82, 2.24) is 0 Å². The number of methoxy groups -OCH3 is 2. The molecule has 0 saturated carbocycles. The normalized spacial score (nSPS) is 18.4. The van der Waals surface area contributed by atoms with Gasteiger partial charge in [0.1, 0.15) is 0 Å². The first-order valence-electron chi connectivity index (χ1n) is 4.43. The van der Waals surface area contributed by atoms with Gasteiger partial charge in [-0.1, -0.05) is 6.08 Å². The average Bonchev–Trinajstić information content (AvgIpc) is 2.26. The maximum Gasteiger partial charge on any atom is 0.324 e. The number of ketones is 1. The van der Waals surface area contributed by atoms with Crippen molar-refractivity contribution in [1.29, 1.82) is 0 Å². The van der Waals surface area contributed by atoms with Gasteiger partial charge in [0.2, 0.25) is 0 Å². The SMILES string of the molecule is COC(=O)C1(C(=O)OC)CC=CC(=O)C1. The molecule has 5 nitrogen and oxygen atoms in total. The average molecular weight is 212 g/mol. The summed E-state index contributed by atoms with van der Waals surface area (Å²) in [4.78, 5) is 34.3. The zero-order chi connectivity index (χ0) is 11.5. The molecule has 0 radical (unpaired) electrons. The second-order valence-corrected chi connectivity index (χ2v) is 3.31. The summed E-state index contributed by atoms with van der Waals surface area (Å²) >= 11 is 0. The summed E-state index contributed by atoms with van der Waals surface area (Å²) in [7, 11) is 2.35. The zero-order valence-corrected chi connectivity index (χ0v) is 8.61. The van der Waals surface area contributed by atoms with E-state index < -0.39 is 17.4 Å². The van der Waals surface area contributed by atoms with E-state index in [0.717, 1.165) is 0 Å². The van der Waals surface area contributed by atoms with Crippen LogP contribution in [0.1, 0.15) is 12.8 Å². The molecule has 0 aliphatic heterocycles. The van der Waals surface area contributed by atoms with Crippen LogP contribution < -0.4 is 0 Å². The number of esters is 2. The van der Waals surface area contributed by atoms with Gasteiger partial charge in [0.15, 0.2) is 11.2 Å². The Bertz CT molecular complexity index is 313. The highest BCUT2D eigenvalue weighted by molar-refractivity contribution is 6.07. The first kappa shape index (κ1) is 11.4. The molecular formula is C10H12O5. The van der Waals surface area contributed by atoms with Crippen LogP contribution in [-0.4, -0.2) is 31.9 Å². The first-order chi connectivity index (χ1) is 7.06. The highest BCUT2D eigenvalue weighted by Gasteiger charge is 2.50. The van der Waals surface area contributed by atoms with Crippen LogP contribution >= 0.6 is 0 Å². The molecule has 0 aromatic carbocycles. The van der Waals surface area contributed by atoms with Gasteiger partial charge in [-0.3, -0.25) is 14.4 Å². The lowest BCUT2D eigenvalue weighted by Gasteiger charge is -2.27. The fraction of sp³-hybridized carbons (Fsp3) is 0.500. The topological polar surface area (TPSA) is 69.7 Å². The Balaban J connectivity index is 3.07. The second kappa shape index (κ2) is 4.25. The Hall–Kier alpha value is -1.65. The number of ether oxygens (including phenoxy) is 2. The van der Waals surface area contributed by atoms with E-state index in [0.29, 0.717) is 0 Å². The fourth-order valence-corrected chi connectivity index (χ4v) is 1.61. The first-order valence-corrected chi connectivity index (χ1v) is 4.43. The van der Waals surface area contributed by atoms with Crippen LogP contribution in [-0.2, 0) is 23.9 Å². The lowest BCUT2D eigenvalue weighted by Crippen LogP contribution is -2.43. The molecule has 0 heterocycles. The minimum atomic E-state index is -1.49. The van der Waals surface area contributed by atoms with Crippen molar-refractivity contribution in [2.24, 2.45) is 5.41 Å². The van der Waals surface area contributed by atoms with Crippen molar-refractivity contribution >= 4 is 17.7 Å². The molecule has 5 heteroatoms. The molecule has 0 aromatic heterocycles. The van der Waals surface area contributed by atoms with Crippen molar-refractivity contribution in [3.8, 4) is 0 Å². The van der Waals surface area contributed by atoms with Gasteiger partial charge in [-0.2, -0.15) is 0 Å². The number of rotatable bonds is 2. The molecule has 0 unspecified atom stereocenters. The molecule has 1 aliphatic rings. The molecule has 1 aliphatic carbocycles. The molecule has 15 heavy (non-hydrogen) atoms. The highest BCUT2D eigenvalue weighted by atomic mass is 16.5. The Morgan fingerprint density at radius 2 is 1.80 bits per heavy atom. The van der Waals surface area contributed by atoms with Crippen LogP contribution in [0, 0.1) is 5.41 Å². The highest BCUT2D eigenvalue weighted by Crippen LogP contribution is 2.33. The fourth-order valence-electron chi connectivity index (χ4n) is 1.61. The predicted molar refractivity (Wildman–Crippen MR) is 49.8 cm³/mol. The third kappa shape index (κ3) is 1.91. The molecule has 0 saturated heterocycles. The van der Waals surface area contributed by atoms with E-state index >= 15 is 0 Å². The monoisotopic (exact) mass is 212 g/mol. The molecule has 0 aromatic rings. The molecule has 0 fully saturated rings. The molecule has 0 N–H and O–H groups in total. The van der Waals surface area contributed by atoms with E-state index in [4.69, 9.17) is 0 Å². The standard InChI is InChI=1S/C10H12O5/c1-14-8(12)10(9(13)15-2)5-3-4-7(11)6-10/h3-4H,5-6H2,1-2H3. The Labute approximate surface area is 87.0 Å². The van der Waals surface area contributed by atoms with Gasteiger partial charge in [0, 0.05) is 6.42 Å². The summed E-state index contributed by atoms with van der Waals surface area (Å²) in [6.07, 6.45) is 2.78. The van der Waals surface area contributed by atoms with Gasteiger partial charge in [-0.05, 0) is 12.5 Å². The minimum Gasteiger partial charge on any atom is -0.468 e. The Morgan fingerprint density at radius 3 is 2.20 bits per heavy atom.